The zero-order valence-electron chi connectivity index (χ0n) is 19.1. The van der Waals surface area contributed by atoms with Crippen LogP contribution in [0.5, 0.6) is 0 Å². The average Bonchev–Trinajstić information content (AvgIpc) is 3.07. The van der Waals surface area contributed by atoms with E-state index in [1.807, 2.05) is 29.2 Å². The van der Waals surface area contributed by atoms with Crippen LogP contribution in [0.15, 0.2) is 60.7 Å². The lowest BCUT2D eigenvalue weighted by molar-refractivity contribution is -0.134. The lowest BCUT2D eigenvalue weighted by Gasteiger charge is -2.44. The van der Waals surface area contributed by atoms with E-state index in [0.717, 1.165) is 18.4 Å². The van der Waals surface area contributed by atoms with E-state index < -0.39 is 0 Å². The molecule has 0 bridgehead atoms. The Morgan fingerprint density at radius 3 is 2.06 bits per heavy atom. The minimum Gasteiger partial charge on any atom is -0.366 e. The summed E-state index contributed by atoms with van der Waals surface area (Å²) in [7, 11) is 0. The summed E-state index contributed by atoms with van der Waals surface area (Å²) < 4.78 is 0. The molecule has 2 fully saturated rings. The van der Waals surface area contributed by atoms with Crippen molar-refractivity contribution >= 4 is 29.7 Å². The number of nitrogens with zero attached hydrogens (tertiary/aromatic N) is 2. The summed E-state index contributed by atoms with van der Waals surface area (Å²) in [5.74, 6) is 0.0230. The van der Waals surface area contributed by atoms with Gasteiger partial charge >= 0.3 is 0 Å². The highest BCUT2D eigenvalue weighted by Gasteiger charge is 2.52. The number of benzene rings is 2. The van der Waals surface area contributed by atoms with E-state index in [4.69, 9.17) is 5.73 Å². The molecule has 1 spiro atoms. The van der Waals surface area contributed by atoms with E-state index in [-0.39, 0.29) is 34.7 Å². The number of primary amides is 1. The molecule has 2 aromatic rings. The Kier molecular flexibility index (Phi) is 8.15. The number of piperidine rings is 1. The Morgan fingerprint density at radius 1 is 1.06 bits per heavy atom. The van der Waals surface area contributed by atoms with Gasteiger partial charge in [-0.2, -0.15) is 0 Å². The van der Waals surface area contributed by atoms with Crippen molar-refractivity contribution in [1.29, 1.82) is 0 Å². The lowest BCUT2D eigenvalue weighted by atomic mass is 9.95. The molecule has 7 nitrogen and oxygen atoms in total. The summed E-state index contributed by atoms with van der Waals surface area (Å²) in [5.41, 5.74) is 6.30. The van der Waals surface area contributed by atoms with Gasteiger partial charge in [0.05, 0.1) is 11.7 Å². The van der Waals surface area contributed by atoms with Crippen molar-refractivity contribution in [1.82, 2.24) is 15.1 Å². The first-order valence-corrected chi connectivity index (χ1v) is 11.6. The average molecular weight is 469 g/mol. The van der Waals surface area contributed by atoms with Crippen molar-refractivity contribution in [2.45, 2.75) is 44.9 Å². The van der Waals surface area contributed by atoms with Gasteiger partial charge in [0.1, 0.15) is 0 Å². The van der Waals surface area contributed by atoms with Crippen molar-refractivity contribution in [3.05, 3.63) is 71.8 Å². The molecule has 8 heteroatoms. The molecule has 1 unspecified atom stereocenters. The number of hydrogen-bond donors (Lipinski definition) is 3. The predicted molar refractivity (Wildman–Crippen MR) is 132 cm³/mol. The predicted octanol–water partition coefficient (Wildman–Crippen LogP) is 3.27. The molecule has 2 aromatic carbocycles. The van der Waals surface area contributed by atoms with Crippen molar-refractivity contribution in [3.8, 4) is 0 Å². The minimum atomic E-state index is -0.379. The fraction of sp³-hybridized carbons (Fsp3) is 0.400. The van der Waals surface area contributed by atoms with Crippen LogP contribution < -0.4 is 11.1 Å². The van der Waals surface area contributed by atoms with Crippen molar-refractivity contribution in [2.24, 2.45) is 11.7 Å². The van der Waals surface area contributed by atoms with Crippen LogP contribution in [0.25, 0.3) is 0 Å². The summed E-state index contributed by atoms with van der Waals surface area (Å²) in [6, 6.07) is 18.7. The third-order valence-corrected chi connectivity index (χ3v) is 6.53. The third kappa shape index (κ3) is 5.94. The molecule has 0 saturated carbocycles. The van der Waals surface area contributed by atoms with Gasteiger partial charge in [-0.25, -0.2) is 0 Å². The van der Waals surface area contributed by atoms with Crippen molar-refractivity contribution < 1.29 is 14.4 Å². The number of rotatable bonds is 4. The van der Waals surface area contributed by atoms with E-state index in [9.17, 15) is 14.4 Å². The van der Waals surface area contributed by atoms with Gasteiger partial charge in [-0.15, -0.1) is 0 Å². The summed E-state index contributed by atoms with van der Waals surface area (Å²) in [6.45, 7) is 5.99. The molecule has 3 N–H and O–H groups in total. The molecule has 2 heterocycles. The summed E-state index contributed by atoms with van der Waals surface area (Å²) in [4.78, 5) is 38.7. The highest BCUT2D eigenvalue weighted by molar-refractivity contribution is 7.96. The SMILES string of the molecule is CC(C)C1NC2(CCN(C(=O)S)CC2)N(Cc2ccccc2)C1=O.NC(=O)c1ccccc1. The molecule has 0 radical (unpaired) electrons. The largest absolute Gasteiger partial charge is 0.366 e. The van der Waals surface area contributed by atoms with Gasteiger partial charge in [0.25, 0.3) is 5.24 Å². The Labute approximate surface area is 200 Å². The van der Waals surface area contributed by atoms with Crippen LogP contribution in [0.4, 0.5) is 4.79 Å². The van der Waals surface area contributed by atoms with Gasteiger partial charge in [-0.3, -0.25) is 19.7 Å². The smallest absolute Gasteiger partial charge is 0.278 e. The van der Waals surface area contributed by atoms with Gasteiger partial charge < -0.3 is 15.5 Å². The van der Waals surface area contributed by atoms with Crippen LogP contribution in [0.2, 0.25) is 0 Å². The third-order valence-electron chi connectivity index (χ3n) is 6.24. The molecular formula is C25H32N4O3S. The Balaban J connectivity index is 0.000000286. The van der Waals surface area contributed by atoms with Crippen LogP contribution >= 0.6 is 12.6 Å². The van der Waals surface area contributed by atoms with Crippen LogP contribution in [-0.2, 0) is 11.3 Å². The number of likely N-dealkylation sites (tertiary alicyclic amines) is 1. The Bertz CT molecular complexity index is 960. The second-order valence-electron chi connectivity index (χ2n) is 8.81. The molecule has 33 heavy (non-hydrogen) atoms. The first-order valence-electron chi connectivity index (χ1n) is 11.2. The normalized spacial score (nSPS) is 19.4. The highest BCUT2D eigenvalue weighted by atomic mass is 32.1. The molecule has 2 saturated heterocycles. The fourth-order valence-corrected chi connectivity index (χ4v) is 4.54. The number of thiol groups is 1. The molecule has 176 valence electrons. The minimum absolute atomic E-state index is 0.160. The number of amides is 3. The molecule has 2 aliphatic heterocycles. The highest BCUT2D eigenvalue weighted by Crippen LogP contribution is 2.35. The second kappa shape index (κ2) is 10.9. The van der Waals surface area contributed by atoms with Crippen molar-refractivity contribution in [3.63, 3.8) is 0 Å². The molecule has 3 amide bonds. The van der Waals surface area contributed by atoms with E-state index >= 15 is 0 Å². The molecule has 0 aliphatic carbocycles. The fourth-order valence-electron chi connectivity index (χ4n) is 4.34. The maximum Gasteiger partial charge on any atom is 0.278 e. The van der Waals surface area contributed by atoms with Crippen LogP contribution in [0.1, 0.15) is 42.6 Å². The first-order chi connectivity index (χ1) is 15.7. The topological polar surface area (TPSA) is 95.7 Å². The van der Waals surface area contributed by atoms with Gasteiger partial charge in [-0.05, 0) is 23.6 Å². The monoisotopic (exact) mass is 468 g/mol. The number of nitrogens with one attached hydrogen (secondary N) is 1. The molecular weight excluding hydrogens is 436 g/mol. The van der Waals surface area contributed by atoms with E-state index in [1.165, 1.54) is 0 Å². The summed E-state index contributed by atoms with van der Waals surface area (Å²) >= 11 is 3.93. The molecule has 1 atom stereocenters. The van der Waals surface area contributed by atoms with Crippen LogP contribution in [0.3, 0.4) is 0 Å². The Morgan fingerprint density at radius 2 is 1.61 bits per heavy atom. The number of hydrogen-bond acceptors (Lipinski definition) is 4. The maximum absolute atomic E-state index is 13.0. The van der Waals surface area contributed by atoms with E-state index in [2.05, 4.69) is 43.9 Å². The maximum atomic E-state index is 13.0. The number of carbonyl (C=O) groups is 3. The zero-order chi connectivity index (χ0) is 24.0. The summed E-state index contributed by atoms with van der Waals surface area (Å²) in [5, 5.41) is 3.41. The van der Waals surface area contributed by atoms with Crippen molar-refractivity contribution in [2.75, 3.05) is 13.1 Å². The van der Waals surface area contributed by atoms with Gasteiger partial charge in [-0.1, -0.05) is 75.0 Å². The van der Waals surface area contributed by atoms with Gasteiger partial charge in [0, 0.05) is 38.0 Å². The Hall–Kier alpha value is -2.84. The van der Waals surface area contributed by atoms with E-state index in [1.54, 1.807) is 29.2 Å². The molecule has 0 aromatic heterocycles. The number of carbonyl (C=O) groups excluding carboxylic acids is 3. The quantitative estimate of drug-likeness (QED) is 0.600. The molecule has 2 aliphatic rings. The lowest BCUT2D eigenvalue weighted by Crippen LogP contribution is -2.59. The number of nitrogens with two attached hydrogens (primary N) is 1. The van der Waals surface area contributed by atoms with Gasteiger partial charge in [0.15, 0.2) is 0 Å². The van der Waals surface area contributed by atoms with Crippen LogP contribution in [0, 0.1) is 5.92 Å². The second-order valence-corrected chi connectivity index (χ2v) is 9.19. The van der Waals surface area contributed by atoms with E-state index in [0.29, 0.717) is 25.2 Å². The summed E-state index contributed by atoms with van der Waals surface area (Å²) in [6.07, 6.45) is 1.47. The van der Waals surface area contributed by atoms with Gasteiger partial charge in [0.2, 0.25) is 11.8 Å². The molecule has 4 rings (SSSR count). The van der Waals surface area contributed by atoms with Crippen LogP contribution in [-0.4, -0.2) is 51.6 Å². The first kappa shape index (κ1) is 24.8. The zero-order valence-corrected chi connectivity index (χ0v) is 20.0. The standard InChI is InChI=1S/C18H25N3O2S.C7H7NO/c1-13(2)15-16(22)21(12-14-6-4-3-5-7-14)18(19-15)8-10-20(11-9-18)17(23)24;8-7(9)6-4-2-1-3-5-6/h3-7,13,15,19H,8-12H2,1-2H3,(H,23,24);1-5H,(H2,8,9).